The van der Waals surface area contributed by atoms with E-state index in [-0.39, 0.29) is 23.2 Å². The molecule has 1 aliphatic heterocycles. The molecular formula is C13H23NO3. The summed E-state index contributed by atoms with van der Waals surface area (Å²) in [5, 5.41) is 3.12. The second-order valence-electron chi connectivity index (χ2n) is 6.11. The Hall–Kier alpha value is -0.610. The summed E-state index contributed by atoms with van der Waals surface area (Å²) in [4.78, 5) is 11.9. The molecule has 2 fully saturated rings. The van der Waals surface area contributed by atoms with E-state index in [9.17, 15) is 4.79 Å². The Morgan fingerprint density at radius 1 is 1.18 bits per heavy atom. The van der Waals surface area contributed by atoms with Crippen molar-refractivity contribution in [2.24, 2.45) is 5.41 Å². The van der Waals surface area contributed by atoms with Gasteiger partial charge in [0.2, 0.25) is 5.91 Å². The summed E-state index contributed by atoms with van der Waals surface area (Å²) < 4.78 is 11.3. The van der Waals surface area contributed by atoms with Crippen LogP contribution in [0.25, 0.3) is 0 Å². The molecule has 1 N–H and O–H groups in total. The lowest BCUT2D eigenvalue weighted by atomic mass is 9.88. The zero-order valence-electron chi connectivity index (χ0n) is 11.0. The Morgan fingerprint density at radius 2 is 1.71 bits per heavy atom. The SMILES string of the molecule is CC(C)(C)C(=O)NC1CCC2(CC1)OCCO2. The Bertz CT molecular complexity index is 280. The summed E-state index contributed by atoms with van der Waals surface area (Å²) >= 11 is 0. The first-order valence-corrected chi connectivity index (χ1v) is 6.50. The molecule has 4 nitrogen and oxygen atoms in total. The quantitative estimate of drug-likeness (QED) is 0.762. The smallest absolute Gasteiger partial charge is 0.225 e. The Labute approximate surface area is 103 Å². The van der Waals surface area contributed by atoms with Crippen LogP contribution in [0.1, 0.15) is 46.5 Å². The van der Waals surface area contributed by atoms with Crippen molar-refractivity contribution in [3.8, 4) is 0 Å². The van der Waals surface area contributed by atoms with Crippen LogP contribution in [-0.2, 0) is 14.3 Å². The molecule has 0 aromatic carbocycles. The van der Waals surface area contributed by atoms with Crippen molar-refractivity contribution in [3.63, 3.8) is 0 Å². The predicted octanol–water partition coefficient (Wildman–Crippen LogP) is 1.83. The van der Waals surface area contributed by atoms with Crippen molar-refractivity contribution >= 4 is 5.91 Å². The lowest BCUT2D eigenvalue weighted by Crippen LogP contribution is -2.47. The minimum absolute atomic E-state index is 0.131. The van der Waals surface area contributed by atoms with Crippen LogP contribution < -0.4 is 5.32 Å². The molecule has 1 spiro atoms. The van der Waals surface area contributed by atoms with Gasteiger partial charge in [-0.1, -0.05) is 20.8 Å². The summed E-state index contributed by atoms with van der Waals surface area (Å²) in [5.74, 6) is -0.199. The largest absolute Gasteiger partial charge is 0.353 e. The monoisotopic (exact) mass is 241 g/mol. The lowest BCUT2D eigenvalue weighted by molar-refractivity contribution is -0.180. The molecule has 1 aliphatic carbocycles. The molecule has 0 aromatic heterocycles. The molecule has 0 atom stereocenters. The maximum atomic E-state index is 11.9. The second kappa shape index (κ2) is 4.58. The third-order valence-electron chi connectivity index (χ3n) is 3.58. The number of carbonyl (C=O) groups is 1. The summed E-state index contributed by atoms with van der Waals surface area (Å²) in [6.45, 7) is 7.24. The molecule has 98 valence electrons. The van der Waals surface area contributed by atoms with E-state index < -0.39 is 0 Å². The molecule has 0 unspecified atom stereocenters. The standard InChI is InChI=1S/C13H23NO3/c1-12(2,3)11(15)14-10-4-6-13(7-5-10)16-8-9-17-13/h10H,4-9H2,1-3H3,(H,14,15). The number of ether oxygens (including phenoxy) is 2. The van der Waals surface area contributed by atoms with Crippen LogP contribution in [0.3, 0.4) is 0 Å². The summed E-state index contributed by atoms with van der Waals surface area (Å²) in [5.41, 5.74) is -0.310. The van der Waals surface area contributed by atoms with Gasteiger partial charge in [-0.15, -0.1) is 0 Å². The predicted molar refractivity (Wildman–Crippen MR) is 64.5 cm³/mol. The molecular weight excluding hydrogens is 218 g/mol. The Morgan fingerprint density at radius 3 is 2.18 bits per heavy atom. The van der Waals surface area contributed by atoms with Gasteiger partial charge in [0.15, 0.2) is 5.79 Å². The summed E-state index contributed by atoms with van der Waals surface area (Å²) in [7, 11) is 0. The maximum absolute atomic E-state index is 11.9. The summed E-state index contributed by atoms with van der Waals surface area (Å²) in [6.07, 6.45) is 3.67. The molecule has 0 bridgehead atoms. The fourth-order valence-electron chi connectivity index (χ4n) is 2.39. The molecule has 2 rings (SSSR count). The van der Waals surface area contributed by atoms with E-state index >= 15 is 0 Å². The first-order chi connectivity index (χ1) is 7.91. The van der Waals surface area contributed by atoms with Crippen LogP contribution in [0.15, 0.2) is 0 Å². The van der Waals surface area contributed by atoms with E-state index in [0.717, 1.165) is 25.7 Å². The minimum atomic E-state index is -0.330. The number of carbonyl (C=O) groups excluding carboxylic acids is 1. The van der Waals surface area contributed by atoms with Gasteiger partial charge in [0, 0.05) is 24.3 Å². The highest BCUT2D eigenvalue weighted by atomic mass is 16.7. The van der Waals surface area contributed by atoms with Gasteiger partial charge >= 0.3 is 0 Å². The van der Waals surface area contributed by atoms with Crippen molar-refractivity contribution in [2.75, 3.05) is 13.2 Å². The topological polar surface area (TPSA) is 47.6 Å². The van der Waals surface area contributed by atoms with Crippen LogP contribution in [0, 0.1) is 5.41 Å². The summed E-state index contributed by atoms with van der Waals surface area (Å²) in [6, 6.07) is 0.278. The Kier molecular flexibility index (Phi) is 3.46. The van der Waals surface area contributed by atoms with Gasteiger partial charge in [-0.05, 0) is 12.8 Å². The lowest BCUT2D eigenvalue weighted by Gasteiger charge is -2.36. The van der Waals surface area contributed by atoms with E-state index in [1.54, 1.807) is 0 Å². The van der Waals surface area contributed by atoms with Gasteiger partial charge < -0.3 is 14.8 Å². The van der Waals surface area contributed by atoms with Gasteiger partial charge in [-0.3, -0.25) is 4.79 Å². The number of hydrogen-bond acceptors (Lipinski definition) is 3. The van der Waals surface area contributed by atoms with E-state index in [2.05, 4.69) is 5.32 Å². The molecule has 1 heterocycles. The molecule has 0 aromatic rings. The highest BCUT2D eigenvalue weighted by Crippen LogP contribution is 2.35. The van der Waals surface area contributed by atoms with E-state index in [0.29, 0.717) is 13.2 Å². The van der Waals surface area contributed by atoms with E-state index in [1.807, 2.05) is 20.8 Å². The average molecular weight is 241 g/mol. The van der Waals surface area contributed by atoms with Crippen LogP contribution in [0.4, 0.5) is 0 Å². The number of nitrogens with one attached hydrogen (secondary N) is 1. The zero-order chi connectivity index (χ0) is 12.5. The number of hydrogen-bond donors (Lipinski definition) is 1. The molecule has 0 radical (unpaired) electrons. The average Bonchev–Trinajstić information content (AvgIpc) is 2.69. The van der Waals surface area contributed by atoms with Crippen LogP contribution in [-0.4, -0.2) is 30.9 Å². The third-order valence-corrected chi connectivity index (χ3v) is 3.58. The molecule has 1 saturated heterocycles. The molecule has 2 aliphatic rings. The second-order valence-corrected chi connectivity index (χ2v) is 6.11. The molecule has 4 heteroatoms. The van der Waals surface area contributed by atoms with E-state index in [1.165, 1.54) is 0 Å². The third kappa shape index (κ3) is 2.99. The van der Waals surface area contributed by atoms with Crippen molar-refractivity contribution < 1.29 is 14.3 Å². The zero-order valence-corrected chi connectivity index (χ0v) is 11.0. The fourth-order valence-corrected chi connectivity index (χ4v) is 2.39. The highest BCUT2D eigenvalue weighted by Gasteiger charge is 2.40. The van der Waals surface area contributed by atoms with Crippen molar-refractivity contribution in [1.29, 1.82) is 0 Å². The molecule has 1 saturated carbocycles. The van der Waals surface area contributed by atoms with Crippen molar-refractivity contribution in [3.05, 3.63) is 0 Å². The first kappa shape index (κ1) is 12.8. The normalized spacial score (nSPS) is 25.1. The van der Waals surface area contributed by atoms with Gasteiger partial charge in [0.1, 0.15) is 0 Å². The Balaban J connectivity index is 1.81. The van der Waals surface area contributed by atoms with Gasteiger partial charge in [-0.2, -0.15) is 0 Å². The van der Waals surface area contributed by atoms with Crippen LogP contribution in [0.5, 0.6) is 0 Å². The number of amides is 1. The maximum Gasteiger partial charge on any atom is 0.225 e. The van der Waals surface area contributed by atoms with Crippen LogP contribution in [0.2, 0.25) is 0 Å². The minimum Gasteiger partial charge on any atom is -0.353 e. The van der Waals surface area contributed by atoms with Gasteiger partial charge in [0.05, 0.1) is 13.2 Å². The van der Waals surface area contributed by atoms with Crippen molar-refractivity contribution in [1.82, 2.24) is 5.32 Å². The fraction of sp³-hybridized carbons (Fsp3) is 0.923. The first-order valence-electron chi connectivity index (χ1n) is 6.50. The molecule has 17 heavy (non-hydrogen) atoms. The highest BCUT2D eigenvalue weighted by molar-refractivity contribution is 5.81. The van der Waals surface area contributed by atoms with E-state index in [4.69, 9.17) is 9.47 Å². The molecule has 1 amide bonds. The number of rotatable bonds is 1. The van der Waals surface area contributed by atoms with Crippen molar-refractivity contribution in [2.45, 2.75) is 58.3 Å². The van der Waals surface area contributed by atoms with Gasteiger partial charge in [-0.25, -0.2) is 0 Å². The van der Waals surface area contributed by atoms with Gasteiger partial charge in [0.25, 0.3) is 0 Å². The van der Waals surface area contributed by atoms with Crippen LogP contribution >= 0.6 is 0 Å².